The van der Waals surface area contributed by atoms with Crippen LogP contribution in [0.1, 0.15) is 46.5 Å². The fraction of sp³-hybridized carbons (Fsp3) is 0.917. The van der Waals surface area contributed by atoms with Crippen LogP contribution in [0.4, 0.5) is 0 Å². The molecule has 3 nitrogen and oxygen atoms in total. The van der Waals surface area contributed by atoms with Gasteiger partial charge in [-0.3, -0.25) is 4.79 Å². The maximum Gasteiger partial charge on any atom is 0.220 e. The zero-order valence-electron chi connectivity index (χ0n) is 10.2. The zero-order chi connectivity index (χ0) is 11.3. The Hall–Kier alpha value is -0.570. The molecular formula is C12H24N2O. The molecular weight excluding hydrogens is 188 g/mol. The van der Waals surface area contributed by atoms with Gasteiger partial charge in [0.25, 0.3) is 0 Å². The first kappa shape index (κ1) is 12.5. The van der Waals surface area contributed by atoms with Gasteiger partial charge in [0.05, 0.1) is 0 Å². The Morgan fingerprint density at radius 2 is 2.20 bits per heavy atom. The van der Waals surface area contributed by atoms with Crippen LogP contribution in [-0.4, -0.2) is 24.5 Å². The topological polar surface area (TPSA) is 41.1 Å². The van der Waals surface area contributed by atoms with Crippen LogP contribution in [-0.2, 0) is 4.79 Å². The van der Waals surface area contributed by atoms with Crippen molar-refractivity contribution in [2.45, 2.75) is 58.5 Å². The first-order chi connectivity index (χ1) is 7.08. The first-order valence-corrected chi connectivity index (χ1v) is 6.10. The van der Waals surface area contributed by atoms with E-state index < -0.39 is 0 Å². The molecule has 0 aromatic rings. The Labute approximate surface area is 93.0 Å². The smallest absolute Gasteiger partial charge is 0.220 e. The van der Waals surface area contributed by atoms with Gasteiger partial charge in [-0.1, -0.05) is 13.8 Å². The van der Waals surface area contributed by atoms with Crippen LogP contribution in [0.2, 0.25) is 0 Å². The highest BCUT2D eigenvalue weighted by Crippen LogP contribution is 2.08. The number of rotatable bonds is 4. The van der Waals surface area contributed by atoms with Crippen molar-refractivity contribution in [2.24, 2.45) is 5.92 Å². The number of carbonyl (C=O) groups excluding carboxylic acids is 1. The van der Waals surface area contributed by atoms with Gasteiger partial charge in [-0.2, -0.15) is 0 Å². The molecule has 0 aliphatic carbocycles. The van der Waals surface area contributed by atoms with Gasteiger partial charge in [-0.25, -0.2) is 0 Å². The van der Waals surface area contributed by atoms with E-state index in [1.807, 2.05) is 0 Å². The fourth-order valence-corrected chi connectivity index (χ4v) is 1.84. The van der Waals surface area contributed by atoms with Crippen molar-refractivity contribution < 1.29 is 4.79 Å². The van der Waals surface area contributed by atoms with Gasteiger partial charge in [0.15, 0.2) is 0 Å². The minimum absolute atomic E-state index is 0.213. The molecule has 0 bridgehead atoms. The predicted molar refractivity (Wildman–Crippen MR) is 62.7 cm³/mol. The highest BCUT2D eigenvalue weighted by Gasteiger charge is 2.18. The van der Waals surface area contributed by atoms with Crippen molar-refractivity contribution >= 4 is 5.91 Å². The molecule has 3 heteroatoms. The summed E-state index contributed by atoms with van der Waals surface area (Å²) in [5, 5.41) is 6.48. The van der Waals surface area contributed by atoms with E-state index in [9.17, 15) is 4.79 Å². The Bertz CT molecular complexity index is 196. The highest BCUT2D eigenvalue weighted by molar-refractivity contribution is 5.76. The number of nitrogens with one attached hydrogen (secondary N) is 2. The largest absolute Gasteiger partial charge is 0.352 e. The maximum atomic E-state index is 11.6. The maximum absolute atomic E-state index is 11.6. The summed E-state index contributed by atoms with van der Waals surface area (Å²) < 4.78 is 0. The quantitative estimate of drug-likeness (QED) is 0.744. The summed E-state index contributed by atoms with van der Waals surface area (Å²) in [6, 6.07) is 0.953. The lowest BCUT2D eigenvalue weighted by Crippen LogP contribution is -2.48. The van der Waals surface area contributed by atoms with E-state index in [1.54, 1.807) is 0 Å². The third kappa shape index (κ3) is 5.17. The molecule has 2 atom stereocenters. The van der Waals surface area contributed by atoms with Crippen LogP contribution in [0.3, 0.4) is 0 Å². The minimum Gasteiger partial charge on any atom is -0.352 e. The standard InChI is InChI=1S/C12H24N2O/c1-9(2)4-7-12(15)14-11-6-5-10(3)13-8-11/h9-11,13H,4-8H2,1-3H3,(H,14,15). The average molecular weight is 212 g/mol. The van der Waals surface area contributed by atoms with Gasteiger partial charge in [0, 0.05) is 25.0 Å². The van der Waals surface area contributed by atoms with Crippen LogP contribution in [0.15, 0.2) is 0 Å². The van der Waals surface area contributed by atoms with Crippen molar-refractivity contribution in [2.75, 3.05) is 6.54 Å². The zero-order valence-corrected chi connectivity index (χ0v) is 10.2. The van der Waals surface area contributed by atoms with Crippen LogP contribution in [0.5, 0.6) is 0 Å². The van der Waals surface area contributed by atoms with E-state index in [4.69, 9.17) is 0 Å². The van der Waals surface area contributed by atoms with Crippen molar-refractivity contribution in [3.05, 3.63) is 0 Å². The van der Waals surface area contributed by atoms with E-state index >= 15 is 0 Å². The van der Waals surface area contributed by atoms with Crippen LogP contribution < -0.4 is 10.6 Å². The van der Waals surface area contributed by atoms with E-state index in [2.05, 4.69) is 31.4 Å². The molecule has 15 heavy (non-hydrogen) atoms. The summed E-state index contributed by atoms with van der Waals surface area (Å²) in [6.45, 7) is 7.42. The molecule has 1 saturated heterocycles. The number of piperidine rings is 1. The monoisotopic (exact) mass is 212 g/mol. The lowest BCUT2D eigenvalue weighted by atomic mass is 10.0. The number of carbonyl (C=O) groups is 1. The van der Waals surface area contributed by atoms with Crippen molar-refractivity contribution in [1.29, 1.82) is 0 Å². The molecule has 88 valence electrons. The Kier molecular flexibility index (Phi) is 5.09. The van der Waals surface area contributed by atoms with E-state index in [0.29, 0.717) is 24.4 Å². The van der Waals surface area contributed by atoms with Gasteiger partial charge in [-0.05, 0) is 32.1 Å². The van der Waals surface area contributed by atoms with Crippen LogP contribution in [0.25, 0.3) is 0 Å². The van der Waals surface area contributed by atoms with Crippen molar-refractivity contribution in [1.82, 2.24) is 10.6 Å². The summed E-state index contributed by atoms with van der Waals surface area (Å²) >= 11 is 0. The molecule has 1 amide bonds. The van der Waals surface area contributed by atoms with E-state index in [-0.39, 0.29) is 5.91 Å². The molecule has 0 spiro atoms. The lowest BCUT2D eigenvalue weighted by Gasteiger charge is -2.28. The molecule has 1 rings (SSSR count). The molecule has 2 unspecified atom stereocenters. The van der Waals surface area contributed by atoms with E-state index in [1.165, 1.54) is 0 Å². The molecule has 1 heterocycles. The summed E-state index contributed by atoms with van der Waals surface area (Å²) in [4.78, 5) is 11.6. The molecule has 0 aromatic carbocycles. The molecule has 2 N–H and O–H groups in total. The molecule has 1 fully saturated rings. The van der Waals surface area contributed by atoms with E-state index in [0.717, 1.165) is 25.8 Å². The van der Waals surface area contributed by atoms with Crippen molar-refractivity contribution in [3.8, 4) is 0 Å². The van der Waals surface area contributed by atoms with Gasteiger partial charge in [-0.15, -0.1) is 0 Å². The number of hydrogen-bond acceptors (Lipinski definition) is 2. The van der Waals surface area contributed by atoms with Gasteiger partial charge in [0.1, 0.15) is 0 Å². The second-order valence-corrected chi connectivity index (χ2v) is 5.08. The Morgan fingerprint density at radius 3 is 2.73 bits per heavy atom. The number of amides is 1. The Balaban J connectivity index is 2.15. The number of hydrogen-bond donors (Lipinski definition) is 2. The van der Waals surface area contributed by atoms with Gasteiger partial charge < -0.3 is 10.6 Å². The first-order valence-electron chi connectivity index (χ1n) is 6.10. The highest BCUT2D eigenvalue weighted by atomic mass is 16.1. The third-order valence-corrected chi connectivity index (χ3v) is 2.97. The molecule has 1 aliphatic rings. The SMILES string of the molecule is CC(C)CCC(=O)NC1CCC(C)NC1. The summed E-state index contributed by atoms with van der Waals surface area (Å²) in [6.07, 6.45) is 3.93. The van der Waals surface area contributed by atoms with Gasteiger partial charge >= 0.3 is 0 Å². The summed E-state index contributed by atoms with van der Waals surface area (Å²) in [5.74, 6) is 0.824. The summed E-state index contributed by atoms with van der Waals surface area (Å²) in [7, 11) is 0. The second kappa shape index (κ2) is 6.11. The molecule has 1 aliphatic heterocycles. The molecule has 0 aromatic heterocycles. The van der Waals surface area contributed by atoms with Crippen molar-refractivity contribution in [3.63, 3.8) is 0 Å². The summed E-state index contributed by atoms with van der Waals surface area (Å²) in [5.41, 5.74) is 0. The van der Waals surface area contributed by atoms with Gasteiger partial charge in [0.2, 0.25) is 5.91 Å². The Morgan fingerprint density at radius 1 is 1.47 bits per heavy atom. The second-order valence-electron chi connectivity index (χ2n) is 5.08. The molecule has 0 radical (unpaired) electrons. The fourth-order valence-electron chi connectivity index (χ4n) is 1.84. The lowest BCUT2D eigenvalue weighted by molar-refractivity contribution is -0.122. The predicted octanol–water partition coefficient (Wildman–Crippen LogP) is 1.68. The normalized spacial score (nSPS) is 26.7. The minimum atomic E-state index is 0.213. The van der Waals surface area contributed by atoms with Crippen LogP contribution >= 0.6 is 0 Å². The third-order valence-electron chi connectivity index (χ3n) is 2.97. The molecule has 0 saturated carbocycles. The van der Waals surface area contributed by atoms with Crippen LogP contribution in [0, 0.1) is 5.92 Å². The average Bonchev–Trinajstić information content (AvgIpc) is 2.19.